The minimum Gasteiger partial charge on any atom is -0.456 e. The molecule has 2 atom stereocenters. The number of hydrogen-bond acceptors (Lipinski definition) is 11. The van der Waals surface area contributed by atoms with E-state index < -0.39 is 17.4 Å². The van der Waals surface area contributed by atoms with Crippen LogP contribution in [0.25, 0.3) is 0 Å². The fourth-order valence-corrected chi connectivity index (χ4v) is 6.55. The number of esters is 2. The zero-order chi connectivity index (χ0) is 28.9. The Kier molecular flexibility index (Phi) is 8.73. The van der Waals surface area contributed by atoms with Gasteiger partial charge in [0.15, 0.2) is 0 Å². The highest BCUT2D eigenvalue weighted by Crippen LogP contribution is 2.42. The fourth-order valence-electron chi connectivity index (χ4n) is 4.21. The number of thioether (sulfide) groups is 2. The number of aromatic nitrogens is 5. The molecule has 0 saturated carbocycles. The van der Waals surface area contributed by atoms with Gasteiger partial charge in [-0.15, -0.1) is 16.9 Å². The molecule has 1 N–H and O–H groups in total. The third-order valence-electron chi connectivity index (χ3n) is 6.32. The number of carbonyl (C=O) groups excluding carboxylic acids is 4. The Morgan fingerprint density at radius 2 is 1.93 bits per heavy atom. The van der Waals surface area contributed by atoms with Crippen molar-refractivity contribution in [2.24, 2.45) is 7.05 Å². The van der Waals surface area contributed by atoms with Gasteiger partial charge in [-0.1, -0.05) is 30.8 Å². The lowest BCUT2D eigenvalue weighted by molar-refractivity contribution is -0.153. The van der Waals surface area contributed by atoms with Crippen LogP contribution in [-0.4, -0.2) is 76.3 Å². The molecule has 5 rings (SSSR count). The third kappa shape index (κ3) is 6.46. The second kappa shape index (κ2) is 12.6. The van der Waals surface area contributed by atoms with Gasteiger partial charge in [-0.05, 0) is 45.8 Å². The first kappa shape index (κ1) is 28.4. The summed E-state index contributed by atoms with van der Waals surface area (Å²) >= 11 is 2.81. The van der Waals surface area contributed by atoms with E-state index in [4.69, 9.17) is 9.47 Å². The Morgan fingerprint density at radius 1 is 1.17 bits per heavy atom. The van der Waals surface area contributed by atoms with Gasteiger partial charge in [-0.2, -0.15) is 0 Å². The van der Waals surface area contributed by atoms with E-state index in [2.05, 4.69) is 20.8 Å². The van der Waals surface area contributed by atoms with Gasteiger partial charge in [0.1, 0.15) is 36.0 Å². The van der Waals surface area contributed by atoms with Crippen LogP contribution in [0, 0.1) is 0 Å². The van der Waals surface area contributed by atoms with Crippen molar-refractivity contribution in [3.05, 3.63) is 65.6 Å². The van der Waals surface area contributed by atoms with Gasteiger partial charge in [0, 0.05) is 37.4 Å². The highest BCUT2D eigenvalue weighted by molar-refractivity contribution is 8.01. The maximum absolute atomic E-state index is 13.4. The first-order chi connectivity index (χ1) is 19.8. The number of β-lactam (4-membered cyclic amide) rings is 1. The molecule has 0 radical (unpaired) electrons. The first-order valence-corrected chi connectivity index (χ1v) is 14.8. The van der Waals surface area contributed by atoms with Gasteiger partial charge in [0.05, 0.1) is 0 Å². The molecule has 2 amide bonds. The van der Waals surface area contributed by atoms with Crippen molar-refractivity contribution in [1.82, 2.24) is 35.0 Å². The molecule has 4 heterocycles. The minimum absolute atomic E-state index is 0.0468. The van der Waals surface area contributed by atoms with Crippen LogP contribution in [-0.2, 0) is 44.1 Å². The summed E-state index contributed by atoms with van der Waals surface area (Å²) in [6.07, 6.45) is 3.79. The Bertz CT molecular complexity index is 1470. The molecule has 13 nitrogen and oxygen atoms in total. The number of rotatable bonds is 11. The molecule has 0 bridgehead atoms. The summed E-state index contributed by atoms with van der Waals surface area (Å²) in [6.45, 7) is 1.75. The van der Waals surface area contributed by atoms with Gasteiger partial charge in [-0.3, -0.25) is 19.3 Å². The SMILES string of the molecule is CCC(=O)Oc1ccc(COC(=O)C2=C(CSc3nnnn3C)CSC3C(NC(=O)Cn4cccc4)C(=O)N23)cc1. The van der Waals surface area contributed by atoms with Gasteiger partial charge in [0.25, 0.3) is 5.91 Å². The maximum Gasteiger partial charge on any atom is 0.355 e. The molecule has 0 spiro atoms. The van der Waals surface area contributed by atoms with Gasteiger partial charge < -0.3 is 19.4 Å². The minimum atomic E-state index is -0.749. The molecule has 2 aliphatic heterocycles. The molecule has 2 aromatic heterocycles. The molecule has 15 heteroatoms. The summed E-state index contributed by atoms with van der Waals surface area (Å²) in [4.78, 5) is 52.2. The van der Waals surface area contributed by atoms with Gasteiger partial charge in [-0.25, -0.2) is 9.48 Å². The number of fused-ring (bicyclic) bond motifs is 1. The third-order valence-corrected chi connectivity index (χ3v) is 8.76. The largest absolute Gasteiger partial charge is 0.456 e. The lowest BCUT2D eigenvalue weighted by Gasteiger charge is -2.49. The van der Waals surface area contributed by atoms with E-state index in [1.807, 2.05) is 12.1 Å². The molecule has 3 aromatic rings. The van der Waals surface area contributed by atoms with Crippen molar-refractivity contribution in [2.45, 2.75) is 43.1 Å². The molecular weight excluding hydrogens is 570 g/mol. The summed E-state index contributed by atoms with van der Waals surface area (Å²) in [5.41, 5.74) is 1.56. The van der Waals surface area contributed by atoms with Gasteiger partial charge in [0.2, 0.25) is 11.1 Å². The van der Waals surface area contributed by atoms with E-state index in [1.54, 1.807) is 55.2 Å². The fraction of sp³-hybridized carbons (Fsp3) is 0.346. The van der Waals surface area contributed by atoms with E-state index in [-0.39, 0.29) is 43.1 Å². The van der Waals surface area contributed by atoms with Crippen molar-refractivity contribution in [3.8, 4) is 5.75 Å². The highest BCUT2D eigenvalue weighted by atomic mass is 32.2. The summed E-state index contributed by atoms with van der Waals surface area (Å²) < 4.78 is 14.1. The number of nitrogens with zero attached hydrogens (tertiary/aromatic N) is 6. The second-order valence-electron chi connectivity index (χ2n) is 9.18. The number of amides is 2. The van der Waals surface area contributed by atoms with Crippen LogP contribution in [0.1, 0.15) is 18.9 Å². The van der Waals surface area contributed by atoms with Crippen LogP contribution in [0.5, 0.6) is 5.75 Å². The number of aryl methyl sites for hydroxylation is 1. The molecule has 2 aliphatic rings. The highest BCUT2D eigenvalue weighted by Gasteiger charge is 2.54. The topological polar surface area (TPSA) is 151 Å². The van der Waals surface area contributed by atoms with Crippen molar-refractivity contribution < 1.29 is 28.7 Å². The summed E-state index contributed by atoms with van der Waals surface area (Å²) in [5.74, 6) is -0.439. The second-order valence-corrected chi connectivity index (χ2v) is 11.2. The van der Waals surface area contributed by atoms with Crippen molar-refractivity contribution >= 4 is 47.3 Å². The van der Waals surface area contributed by atoms with Crippen LogP contribution in [0.4, 0.5) is 0 Å². The van der Waals surface area contributed by atoms with Crippen LogP contribution in [0.2, 0.25) is 0 Å². The zero-order valence-electron chi connectivity index (χ0n) is 22.3. The van der Waals surface area contributed by atoms with Crippen LogP contribution in [0.3, 0.4) is 0 Å². The van der Waals surface area contributed by atoms with E-state index in [9.17, 15) is 19.2 Å². The standard InChI is InChI=1S/C26H27N7O6S2/c1-3-20(35)39-18-8-6-16(7-9-18)13-38-25(37)22-17(15-41-26-28-29-30-31(26)2)14-40-24-21(23(36)33(22)24)27-19(34)12-32-10-4-5-11-32/h4-11,21,24H,3,12-15H2,1-2H3,(H,27,34). The van der Waals surface area contributed by atoms with E-state index in [0.29, 0.717) is 33.5 Å². The molecule has 41 heavy (non-hydrogen) atoms. The Balaban J connectivity index is 1.29. The monoisotopic (exact) mass is 597 g/mol. The quantitative estimate of drug-likeness (QED) is 0.148. The Labute approximate surface area is 243 Å². The first-order valence-electron chi connectivity index (χ1n) is 12.7. The Hall–Kier alpha value is -4.11. The summed E-state index contributed by atoms with van der Waals surface area (Å²) in [5, 5.41) is 14.4. The predicted octanol–water partition coefficient (Wildman–Crippen LogP) is 1.52. The number of benzene rings is 1. The summed E-state index contributed by atoms with van der Waals surface area (Å²) in [7, 11) is 1.71. The molecule has 2 unspecified atom stereocenters. The molecular formula is C26H27N7O6S2. The zero-order valence-corrected chi connectivity index (χ0v) is 23.9. The number of hydrogen-bond donors (Lipinski definition) is 1. The summed E-state index contributed by atoms with van der Waals surface area (Å²) in [6, 6.07) is 9.53. The number of tetrazole rings is 1. The lowest BCUT2D eigenvalue weighted by atomic mass is 10.0. The average Bonchev–Trinajstić information content (AvgIpc) is 3.64. The molecule has 1 saturated heterocycles. The molecule has 214 valence electrons. The normalized spacial score (nSPS) is 18.0. The van der Waals surface area contributed by atoms with Gasteiger partial charge >= 0.3 is 11.9 Å². The van der Waals surface area contributed by atoms with E-state index >= 15 is 0 Å². The van der Waals surface area contributed by atoms with Crippen LogP contribution in [0.15, 0.2) is 65.2 Å². The Morgan fingerprint density at radius 3 is 2.61 bits per heavy atom. The number of ether oxygens (including phenoxy) is 2. The predicted molar refractivity (Wildman–Crippen MR) is 148 cm³/mol. The molecule has 1 aromatic carbocycles. The van der Waals surface area contributed by atoms with Crippen LogP contribution < -0.4 is 10.1 Å². The lowest BCUT2D eigenvalue weighted by Crippen LogP contribution is -2.70. The van der Waals surface area contributed by atoms with E-state index in [0.717, 1.165) is 0 Å². The average molecular weight is 598 g/mol. The van der Waals surface area contributed by atoms with E-state index in [1.165, 1.54) is 33.1 Å². The van der Waals surface area contributed by atoms with Crippen molar-refractivity contribution in [1.29, 1.82) is 0 Å². The maximum atomic E-state index is 13.4. The van der Waals surface area contributed by atoms with Crippen molar-refractivity contribution in [2.75, 3.05) is 11.5 Å². The van der Waals surface area contributed by atoms with Crippen LogP contribution >= 0.6 is 23.5 Å². The molecule has 1 fully saturated rings. The smallest absolute Gasteiger partial charge is 0.355 e. The van der Waals surface area contributed by atoms with Crippen molar-refractivity contribution in [3.63, 3.8) is 0 Å². The number of nitrogens with one attached hydrogen (secondary N) is 1. The number of carbonyl (C=O) groups is 4. The molecule has 0 aliphatic carbocycles.